The molecule has 2 aromatic rings. The quantitative estimate of drug-likeness (QED) is 0.645. The van der Waals surface area contributed by atoms with Crippen LogP contribution in [0, 0.1) is 0 Å². The minimum atomic E-state index is -3.31. The topological polar surface area (TPSA) is 96.5 Å². The molecule has 0 spiro atoms. The molecule has 0 amide bonds. The highest BCUT2D eigenvalue weighted by Crippen LogP contribution is 2.24. The second kappa shape index (κ2) is 9.04. The van der Waals surface area contributed by atoms with Crippen molar-refractivity contribution < 1.29 is 17.9 Å². The van der Waals surface area contributed by atoms with Gasteiger partial charge in [-0.05, 0) is 26.0 Å². The number of H-pyrrole nitrogens is 1. The number of hydrogen-bond acceptors (Lipinski definition) is 6. The van der Waals surface area contributed by atoms with Gasteiger partial charge in [-0.1, -0.05) is 12.1 Å². The summed E-state index contributed by atoms with van der Waals surface area (Å²) in [5, 5.41) is 10.3. The average molecular weight is 409 g/mol. The molecule has 0 bridgehead atoms. The fourth-order valence-electron chi connectivity index (χ4n) is 3.38. The first-order chi connectivity index (χ1) is 13.4. The zero-order valence-corrected chi connectivity index (χ0v) is 17.3. The van der Waals surface area contributed by atoms with Gasteiger partial charge in [0, 0.05) is 37.3 Å². The van der Waals surface area contributed by atoms with E-state index in [0.29, 0.717) is 26.2 Å². The van der Waals surface area contributed by atoms with Crippen LogP contribution in [0.2, 0.25) is 0 Å². The molecule has 1 fully saturated rings. The molecule has 3 rings (SSSR count). The third-order valence-corrected chi connectivity index (χ3v) is 6.51. The molecule has 2 atom stereocenters. The first-order valence-electron chi connectivity index (χ1n) is 9.39. The van der Waals surface area contributed by atoms with Gasteiger partial charge in [-0.15, -0.1) is 0 Å². The Bertz CT molecular complexity index is 874. The van der Waals surface area contributed by atoms with Gasteiger partial charge in [0.15, 0.2) is 0 Å². The SMILES string of the molecule is COc1cccc(-c2[nH]ncc2CNCCS(=O)(=O)N2C[C@H](C)O[C@@H](C)C2)c1. The molecule has 1 aliphatic rings. The molecule has 2 heterocycles. The minimum absolute atomic E-state index is 0.0543. The predicted octanol–water partition coefficient (Wildman–Crippen LogP) is 1.61. The third-order valence-electron chi connectivity index (χ3n) is 4.71. The zero-order chi connectivity index (χ0) is 20.1. The van der Waals surface area contributed by atoms with Crippen LogP contribution in [0.15, 0.2) is 30.5 Å². The first kappa shape index (κ1) is 20.8. The summed E-state index contributed by atoms with van der Waals surface area (Å²) in [6.45, 7) is 5.51. The number of ether oxygens (including phenoxy) is 2. The molecule has 1 aliphatic heterocycles. The summed E-state index contributed by atoms with van der Waals surface area (Å²) in [6.07, 6.45) is 1.59. The number of sulfonamides is 1. The van der Waals surface area contributed by atoms with E-state index in [9.17, 15) is 8.42 Å². The van der Waals surface area contributed by atoms with Gasteiger partial charge < -0.3 is 14.8 Å². The van der Waals surface area contributed by atoms with Crippen LogP contribution in [0.3, 0.4) is 0 Å². The summed E-state index contributed by atoms with van der Waals surface area (Å²) in [5.41, 5.74) is 2.84. The number of rotatable bonds is 8. The molecule has 0 radical (unpaired) electrons. The van der Waals surface area contributed by atoms with Crippen LogP contribution in [-0.2, 0) is 21.3 Å². The number of aromatic nitrogens is 2. The molecule has 1 aromatic carbocycles. The molecule has 28 heavy (non-hydrogen) atoms. The van der Waals surface area contributed by atoms with E-state index >= 15 is 0 Å². The van der Waals surface area contributed by atoms with E-state index in [1.54, 1.807) is 13.3 Å². The lowest BCUT2D eigenvalue weighted by molar-refractivity contribution is -0.0440. The van der Waals surface area contributed by atoms with Crippen LogP contribution >= 0.6 is 0 Å². The van der Waals surface area contributed by atoms with Crippen molar-refractivity contribution in [3.8, 4) is 17.0 Å². The van der Waals surface area contributed by atoms with Crippen molar-refractivity contribution in [1.82, 2.24) is 19.8 Å². The molecule has 8 nitrogen and oxygen atoms in total. The molecule has 1 saturated heterocycles. The molecule has 9 heteroatoms. The van der Waals surface area contributed by atoms with Crippen molar-refractivity contribution >= 4 is 10.0 Å². The van der Waals surface area contributed by atoms with Gasteiger partial charge in [0.2, 0.25) is 10.0 Å². The van der Waals surface area contributed by atoms with E-state index in [1.807, 2.05) is 38.1 Å². The van der Waals surface area contributed by atoms with Gasteiger partial charge in [0.05, 0.1) is 37.0 Å². The van der Waals surface area contributed by atoms with E-state index in [-0.39, 0.29) is 18.0 Å². The summed E-state index contributed by atoms with van der Waals surface area (Å²) in [7, 11) is -1.68. The lowest BCUT2D eigenvalue weighted by atomic mass is 10.1. The van der Waals surface area contributed by atoms with E-state index in [4.69, 9.17) is 9.47 Å². The first-order valence-corrected chi connectivity index (χ1v) is 11.0. The number of nitrogens with zero attached hydrogens (tertiary/aromatic N) is 2. The zero-order valence-electron chi connectivity index (χ0n) is 16.5. The van der Waals surface area contributed by atoms with E-state index < -0.39 is 10.0 Å². The maximum Gasteiger partial charge on any atom is 0.215 e. The molecule has 154 valence electrons. The Kier molecular flexibility index (Phi) is 6.71. The average Bonchev–Trinajstić information content (AvgIpc) is 3.13. The molecule has 2 N–H and O–H groups in total. The second-order valence-corrected chi connectivity index (χ2v) is 9.16. The van der Waals surface area contributed by atoms with Gasteiger partial charge in [0.25, 0.3) is 0 Å². The highest BCUT2D eigenvalue weighted by molar-refractivity contribution is 7.89. The van der Waals surface area contributed by atoms with Gasteiger partial charge in [-0.2, -0.15) is 9.40 Å². The van der Waals surface area contributed by atoms with Crippen molar-refractivity contribution in [2.24, 2.45) is 0 Å². The van der Waals surface area contributed by atoms with Gasteiger partial charge >= 0.3 is 0 Å². The Morgan fingerprint density at radius 3 is 2.79 bits per heavy atom. The monoisotopic (exact) mass is 408 g/mol. The molecular formula is C19H28N4O4S. The Balaban J connectivity index is 1.55. The van der Waals surface area contributed by atoms with Crippen molar-refractivity contribution in [3.05, 3.63) is 36.0 Å². The summed E-state index contributed by atoms with van der Waals surface area (Å²) < 4.78 is 37.6. The van der Waals surface area contributed by atoms with Crippen LogP contribution in [0.25, 0.3) is 11.3 Å². The molecule has 1 aromatic heterocycles. The van der Waals surface area contributed by atoms with E-state index in [1.165, 1.54) is 4.31 Å². The number of morpholine rings is 1. The van der Waals surface area contributed by atoms with Crippen LogP contribution in [0.4, 0.5) is 0 Å². The fraction of sp³-hybridized carbons (Fsp3) is 0.526. The maximum atomic E-state index is 12.6. The highest BCUT2D eigenvalue weighted by Gasteiger charge is 2.30. The molecule has 0 saturated carbocycles. The number of methoxy groups -OCH3 is 1. The lowest BCUT2D eigenvalue weighted by Crippen LogP contribution is -2.49. The number of nitrogens with one attached hydrogen (secondary N) is 2. The van der Waals surface area contributed by atoms with Crippen LogP contribution in [-0.4, -0.2) is 67.6 Å². The largest absolute Gasteiger partial charge is 0.497 e. The smallest absolute Gasteiger partial charge is 0.215 e. The Morgan fingerprint density at radius 1 is 1.32 bits per heavy atom. The van der Waals surface area contributed by atoms with Crippen molar-refractivity contribution in [2.45, 2.75) is 32.6 Å². The van der Waals surface area contributed by atoms with E-state index in [2.05, 4.69) is 15.5 Å². The Morgan fingerprint density at radius 2 is 2.07 bits per heavy atom. The number of aromatic amines is 1. The maximum absolute atomic E-state index is 12.6. The van der Waals surface area contributed by atoms with Crippen molar-refractivity contribution in [1.29, 1.82) is 0 Å². The Labute approximate surface area is 166 Å². The van der Waals surface area contributed by atoms with Crippen molar-refractivity contribution in [3.63, 3.8) is 0 Å². The molecular weight excluding hydrogens is 380 g/mol. The second-order valence-electron chi connectivity index (χ2n) is 7.07. The molecule has 0 aliphatic carbocycles. The van der Waals surface area contributed by atoms with Gasteiger partial charge in [-0.3, -0.25) is 5.10 Å². The number of hydrogen-bond donors (Lipinski definition) is 2. The van der Waals surface area contributed by atoms with Crippen LogP contribution in [0.1, 0.15) is 19.4 Å². The van der Waals surface area contributed by atoms with Gasteiger partial charge in [0.1, 0.15) is 5.75 Å². The predicted molar refractivity (Wildman–Crippen MR) is 108 cm³/mol. The fourth-order valence-corrected chi connectivity index (χ4v) is 4.92. The summed E-state index contributed by atoms with van der Waals surface area (Å²) >= 11 is 0. The molecule has 0 unspecified atom stereocenters. The Hall–Kier alpha value is -1.94. The third kappa shape index (κ3) is 5.11. The lowest BCUT2D eigenvalue weighted by Gasteiger charge is -2.34. The number of benzene rings is 1. The van der Waals surface area contributed by atoms with E-state index in [0.717, 1.165) is 22.6 Å². The van der Waals surface area contributed by atoms with Crippen LogP contribution < -0.4 is 10.1 Å². The normalized spacial score (nSPS) is 21.0. The van der Waals surface area contributed by atoms with Crippen molar-refractivity contribution in [2.75, 3.05) is 32.5 Å². The highest BCUT2D eigenvalue weighted by atomic mass is 32.2. The summed E-state index contributed by atoms with van der Waals surface area (Å²) in [4.78, 5) is 0. The summed E-state index contributed by atoms with van der Waals surface area (Å²) in [6, 6.07) is 7.71. The van der Waals surface area contributed by atoms with Gasteiger partial charge in [-0.25, -0.2) is 8.42 Å². The van der Waals surface area contributed by atoms with Crippen LogP contribution in [0.5, 0.6) is 5.75 Å². The summed E-state index contributed by atoms with van der Waals surface area (Å²) in [5.74, 6) is 0.824. The standard InChI is InChI=1S/C19H28N4O4S/c1-14-12-23(13-15(2)27-14)28(24,25)8-7-20-10-17-11-21-22-19(17)16-5-4-6-18(9-16)26-3/h4-6,9,11,14-15,20H,7-8,10,12-13H2,1-3H3,(H,21,22)/t14-,15-/m0/s1. The minimum Gasteiger partial charge on any atom is -0.497 e.